The third kappa shape index (κ3) is 4.96. The molecule has 4 rings (SSSR count). The number of pyridine rings is 1. The normalized spacial score (nSPS) is 14.2. The van der Waals surface area contributed by atoms with E-state index in [0.717, 1.165) is 30.2 Å². The minimum atomic E-state index is -0.342. The maximum Gasteiger partial charge on any atom is 0.330 e. The fourth-order valence-electron chi connectivity index (χ4n) is 3.89. The quantitative estimate of drug-likeness (QED) is 0.588. The topological polar surface area (TPSA) is 95.0 Å². The summed E-state index contributed by atoms with van der Waals surface area (Å²) in [6, 6.07) is 10.9. The molecule has 3 N–H and O–H groups in total. The number of rotatable bonds is 5. The Morgan fingerprint density at radius 2 is 1.87 bits per heavy atom. The second-order valence-corrected chi connectivity index (χ2v) is 7.82. The maximum absolute atomic E-state index is 12.5. The zero-order valence-electron chi connectivity index (χ0n) is 17.7. The Labute approximate surface area is 181 Å². The van der Waals surface area contributed by atoms with Crippen molar-refractivity contribution in [1.29, 1.82) is 0 Å². The van der Waals surface area contributed by atoms with Gasteiger partial charge in [0.1, 0.15) is 5.82 Å². The fourth-order valence-corrected chi connectivity index (χ4v) is 3.89. The van der Waals surface area contributed by atoms with Crippen molar-refractivity contribution in [2.24, 2.45) is 0 Å². The number of nitrogens with zero attached hydrogens (tertiary/aromatic N) is 3. The minimum absolute atomic E-state index is 0.247. The van der Waals surface area contributed by atoms with Crippen LogP contribution in [0.15, 0.2) is 53.6 Å². The lowest BCUT2D eigenvalue weighted by atomic mass is 10.2. The second kappa shape index (κ2) is 9.51. The highest BCUT2D eigenvalue weighted by Gasteiger charge is 2.13. The summed E-state index contributed by atoms with van der Waals surface area (Å²) in [5.74, 6) is 0.997. The fraction of sp³-hybridized carbons (Fsp3) is 0.348. The number of carbonyl (C=O) groups excluding carboxylic acids is 1. The summed E-state index contributed by atoms with van der Waals surface area (Å²) in [7, 11) is 0. The van der Waals surface area contributed by atoms with Crippen LogP contribution in [0.2, 0.25) is 0 Å². The largest absolute Gasteiger partial charge is 0.357 e. The van der Waals surface area contributed by atoms with Gasteiger partial charge < -0.3 is 20.5 Å². The molecule has 1 aromatic carbocycles. The van der Waals surface area contributed by atoms with Gasteiger partial charge in [-0.3, -0.25) is 4.57 Å². The number of imidazole rings is 1. The summed E-state index contributed by atoms with van der Waals surface area (Å²) >= 11 is 0. The molecule has 1 fully saturated rings. The molecule has 0 saturated carbocycles. The Bertz CT molecular complexity index is 1080. The van der Waals surface area contributed by atoms with E-state index in [2.05, 4.69) is 25.5 Å². The van der Waals surface area contributed by atoms with Gasteiger partial charge in [0.25, 0.3) is 0 Å². The zero-order valence-corrected chi connectivity index (χ0v) is 17.7. The van der Waals surface area contributed by atoms with Crippen molar-refractivity contribution in [3.8, 4) is 5.69 Å². The van der Waals surface area contributed by atoms with E-state index in [-0.39, 0.29) is 11.7 Å². The molecule has 1 saturated heterocycles. The third-order valence-electron chi connectivity index (χ3n) is 5.55. The predicted molar refractivity (Wildman–Crippen MR) is 122 cm³/mol. The van der Waals surface area contributed by atoms with Crippen LogP contribution in [0, 0.1) is 6.92 Å². The van der Waals surface area contributed by atoms with Crippen LogP contribution in [-0.4, -0.2) is 33.7 Å². The number of urea groups is 1. The summed E-state index contributed by atoms with van der Waals surface area (Å²) in [4.78, 5) is 34.2. The molecule has 2 amide bonds. The molecular formula is C23H28N6O2. The van der Waals surface area contributed by atoms with E-state index in [1.807, 2.05) is 37.4 Å². The highest BCUT2D eigenvalue weighted by Crippen LogP contribution is 2.20. The molecule has 0 radical (unpaired) electrons. The molecule has 162 valence electrons. The monoisotopic (exact) mass is 420 g/mol. The maximum atomic E-state index is 12.5. The molecule has 8 nitrogen and oxygen atoms in total. The molecule has 8 heteroatoms. The van der Waals surface area contributed by atoms with E-state index in [9.17, 15) is 9.59 Å². The number of H-pyrrole nitrogens is 1. The first-order valence-corrected chi connectivity index (χ1v) is 10.7. The van der Waals surface area contributed by atoms with Crippen LogP contribution >= 0.6 is 0 Å². The predicted octanol–water partition coefficient (Wildman–Crippen LogP) is 3.57. The van der Waals surface area contributed by atoms with Crippen LogP contribution in [0.4, 0.5) is 16.3 Å². The van der Waals surface area contributed by atoms with Gasteiger partial charge in [0.15, 0.2) is 0 Å². The van der Waals surface area contributed by atoms with Crippen molar-refractivity contribution in [3.63, 3.8) is 0 Å². The molecule has 1 aliphatic rings. The molecule has 3 aromatic rings. The number of amides is 2. The first-order chi connectivity index (χ1) is 15.1. The average molecular weight is 421 g/mol. The van der Waals surface area contributed by atoms with Gasteiger partial charge >= 0.3 is 11.7 Å². The van der Waals surface area contributed by atoms with Gasteiger partial charge in [-0.25, -0.2) is 14.6 Å². The van der Waals surface area contributed by atoms with E-state index >= 15 is 0 Å². The number of nitrogens with one attached hydrogen (secondary N) is 3. The van der Waals surface area contributed by atoms with E-state index in [1.54, 1.807) is 18.3 Å². The molecule has 1 aliphatic heterocycles. The third-order valence-corrected chi connectivity index (χ3v) is 5.55. The summed E-state index contributed by atoms with van der Waals surface area (Å²) < 4.78 is 1.53. The Balaban J connectivity index is 1.38. The standard InChI is InChI=1S/C23H28N6O2/c1-17-14-26-23(31)29(17)20-9-5-4-8-19(20)27-22(30)25-16-18-10-11-21(24-15-18)28-12-6-2-3-7-13-28/h4-5,8-11,14-15H,2-3,6-7,12-13,16H2,1H3,(H,26,31)(H2,25,27,30). The molecule has 31 heavy (non-hydrogen) atoms. The molecular weight excluding hydrogens is 392 g/mol. The average Bonchev–Trinajstić information content (AvgIpc) is 2.97. The van der Waals surface area contributed by atoms with Crippen LogP contribution < -0.4 is 21.2 Å². The molecule has 2 aromatic heterocycles. The first-order valence-electron chi connectivity index (χ1n) is 10.7. The Hall–Kier alpha value is -3.55. The summed E-state index contributed by atoms with van der Waals surface area (Å²) in [5, 5.41) is 5.70. The molecule has 3 heterocycles. The molecule has 0 aliphatic carbocycles. The Morgan fingerprint density at radius 3 is 2.55 bits per heavy atom. The summed E-state index contributed by atoms with van der Waals surface area (Å²) in [5.41, 5.74) is 2.61. The number of carbonyl (C=O) groups is 1. The van der Waals surface area contributed by atoms with Crippen molar-refractivity contribution in [2.75, 3.05) is 23.3 Å². The van der Waals surface area contributed by atoms with Gasteiger partial charge in [0.05, 0.1) is 11.4 Å². The van der Waals surface area contributed by atoms with E-state index in [1.165, 1.54) is 30.3 Å². The molecule has 0 spiro atoms. The lowest BCUT2D eigenvalue weighted by molar-refractivity contribution is 0.251. The van der Waals surface area contributed by atoms with Crippen molar-refractivity contribution in [1.82, 2.24) is 19.9 Å². The van der Waals surface area contributed by atoms with Crippen LogP contribution in [-0.2, 0) is 6.54 Å². The lowest BCUT2D eigenvalue weighted by Crippen LogP contribution is -2.29. The van der Waals surface area contributed by atoms with Gasteiger partial charge in [-0.15, -0.1) is 0 Å². The number of para-hydroxylation sites is 2. The number of aromatic amines is 1. The summed E-state index contributed by atoms with van der Waals surface area (Å²) in [6.07, 6.45) is 8.45. The van der Waals surface area contributed by atoms with Crippen LogP contribution in [0.3, 0.4) is 0 Å². The summed E-state index contributed by atoms with van der Waals surface area (Å²) in [6.45, 7) is 4.30. The number of aromatic nitrogens is 3. The minimum Gasteiger partial charge on any atom is -0.357 e. The number of benzene rings is 1. The highest BCUT2D eigenvalue weighted by molar-refractivity contribution is 5.91. The van der Waals surface area contributed by atoms with E-state index in [0.29, 0.717) is 17.9 Å². The highest BCUT2D eigenvalue weighted by atomic mass is 16.2. The number of aryl methyl sites for hydroxylation is 1. The van der Waals surface area contributed by atoms with Gasteiger partial charge in [-0.05, 0) is 43.5 Å². The van der Waals surface area contributed by atoms with Crippen molar-refractivity contribution < 1.29 is 4.79 Å². The Morgan fingerprint density at radius 1 is 1.10 bits per heavy atom. The Kier molecular flexibility index (Phi) is 6.35. The lowest BCUT2D eigenvalue weighted by Gasteiger charge is -2.21. The molecule has 0 bridgehead atoms. The zero-order chi connectivity index (χ0) is 21.6. The van der Waals surface area contributed by atoms with E-state index < -0.39 is 0 Å². The van der Waals surface area contributed by atoms with E-state index in [4.69, 9.17) is 0 Å². The second-order valence-electron chi connectivity index (χ2n) is 7.82. The number of hydrogen-bond donors (Lipinski definition) is 3. The van der Waals surface area contributed by atoms with Gasteiger partial charge in [-0.1, -0.05) is 31.0 Å². The number of anilines is 2. The first kappa shape index (κ1) is 20.7. The SMILES string of the molecule is Cc1c[nH]c(=O)n1-c1ccccc1NC(=O)NCc1ccc(N2CCCCCC2)nc1. The van der Waals surface area contributed by atoms with Crippen LogP contribution in [0.1, 0.15) is 36.9 Å². The van der Waals surface area contributed by atoms with Crippen molar-refractivity contribution in [2.45, 2.75) is 39.2 Å². The van der Waals surface area contributed by atoms with Crippen molar-refractivity contribution in [3.05, 3.63) is 70.5 Å². The van der Waals surface area contributed by atoms with Gasteiger partial charge in [-0.2, -0.15) is 0 Å². The number of hydrogen-bond acceptors (Lipinski definition) is 4. The smallest absolute Gasteiger partial charge is 0.330 e. The van der Waals surface area contributed by atoms with Gasteiger partial charge in [0.2, 0.25) is 0 Å². The van der Waals surface area contributed by atoms with Crippen molar-refractivity contribution >= 4 is 17.5 Å². The van der Waals surface area contributed by atoms with Crippen LogP contribution in [0.5, 0.6) is 0 Å². The van der Waals surface area contributed by atoms with Crippen LogP contribution in [0.25, 0.3) is 5.69 Å². The molecule has 0 unspecified atom stereocenters. The molecule has 0 atom stereocenters. The van der Waals surface area contributed by atoms with Gasteiger partial charge in [0, 0.05) is 37.7 Å².